The van der Waals surface area contributed by atoms with E-state index in [0.29, 0.717) is 18.8 Å². The molecule has 15 heavy (non-hydrogen) atoms. The number of hydrogen-bond donors (Lipinski definition) is 0. The van der Waals surface area contributed by atoms with Crippen molar-refractivity contribution in [2.24, 2.45) is 0 Å². The number of nitrogens with zero attached hydrogens (tertiary/aromatic N) is 2. The van der Waals surface area contributed by atoms with E-state index in [0.717, 1.165) is 12.8 Å². The van der Waals surface area contributed by atoms with Crippen LogP contribution >= 0.6 is 0 Å². The maximum Gasteiger partial charge on any atom is 0.0888 e. The molecule has 0 aliphatic heterocycles. The Labute approximate surface area is 92.4 Å². The molecule has 0 unspecified atom stereocenters. The average molecular weight is 210 g/mol. The molecule has 3 heteroatoms. The molecule has 1 aromatic rings. The quantitative estimate of drug-likeness (QED) is 0.721. The van der Waals surface area contributed by atoms with Gasteiger partial charge in [-0.1, -0.05) is 13.8 Å². The molecule has 2 atom stereocenters. The molecule has 1 rings (SSSR count). The molecular formula is C12H22N2O. The predicted octanol–water partition coefficient (Wildman–Crippen LogP) is 3.17. The normalized spacial score (nSPS) is 15.2. The van der Waals surface area contributed by atoms with Gasteiger partial charge in [-0.2, -0.15) is 5.10 Å². The maximum absolute atomic E-state index is 5.71. The summed E-state index contributed by atoms with van der Waals surface area (Å²) < 4.78 is 7.77. The molecule has 0 N–H and O–H groups in total. The van der Waals surface area contributed by atoms with Gasteiger partial charge in [0.2, 0.25) is 0 Å². The second kappa shape index (κ2) is 5.91. The van der Waals surface area contributed by atoms with Crippen molar-refractivity contribution in [2.75, 3.05) is 0 Å². The molecule has 0 saturated carbocycles. The van der Waals surface area contributed by atoms with Crippen LogP contribution in [0.15, 0.2) is 12.3 Å². The Balaban J connectivity index is 2.57. The van der Waals surface area contributed by atoms with Crippen LogP contribution in [-0.4, -0.2) is 15.9 Å². The van der Waals surface area contributed by atoms with Crippen molar-refractivity contribution in [3.8, 4) is 0 Å². The van der Waals surface area contributed by atoms with Crippen molar-refractivity contribution in [3.63, 3.8) is 0 Å². The van der Waals surface area contributed by atoms with Crippen LogP contribution in [0.2, 0.25) is 0 Å². The second-order valence-electron chi connectivity index (χ2n) is 4.05. The molecule has 0 amide bonds. The summed E-state index contributed by atoms with van der Waals surface area (Å²) in [5.74, 6) is 0. The van der Waals surface area contributed by atoms with Gasteiger partial charge >= 0.3 is 0 Å². The molecule has 0 aromatic carbocycles. The SMILES string of the molecule is CC[C@@H](C)OCc1ccnn1[C@H](C)CC. The lowest BCUT2D eigenvalue weighted by Crippen LogP contribution is -2.13. The Hall–Kier alpha value is -0.830. The average Bonchev–Trinajstić information content (AvgIpc) is 2.72. The van der Waals surface area contributed by atoms with Crippen LogP contribution in [-0.2, 0) is 11.3 Å². The summed E-state index contributed by atoms with van der Waals surface area (Å²) in [6.45, 7) is 9.26. The van der Waals surface area contributed by atoms with Crippen LogP contribution in [0.1, 0.15) is 52.3 Å². The lowest BCUT2D eigenvalue weighted by atomic mass is 10.2. The molecule has 0 radical (unpaired) electrons. The van der Waals surface area contributed by atoms with Gasteiger partial charge in [-0.25, -0.2) is 0 Å². The van der Waals surface area contributed by atoms with Crippen molar-refractivity contribution in [3.05, 3.63) is 18.0 Å². The van der Waals surface area contributed by atoms with E-state index in [2.05, 4.69) is 37.5 Å². The largest absolute Gasteiger partial charge is 0.372 e. The minimum Gasteiger partial charge on any atom is -0.372 e. The van der Waals surface area contributed by atoms with E-state index in [1.807, 2.05) is 12.3 Å². The van der Waals surface area contributed by atoms with Crippen LogP contribution in [0.25, 0.3) is 0 Å². The first kappa shape index (κ1) is 12.2. The van der Waals surface area contributed by atoms with Gasteiger partial charge in [0, 0.05) is 12.2 Å². The maximum atomic E-state index is 5.71. The fourth-order valence-electron chi connectivity index (χ4n) is 1.37. The zero-order chi connectivity index (χ0) is 11.3. The highest BCUT2D eigenvalue weighted by molar-refractivity contribution is 5.00. The van der Waals surface area contributed by atoms with Gasteiger partial charge in [0.1, 0.15) is 0 Å². The molecule has 0 spiro atoms. The van der Waals surface area contributed by atoms with Crippen LogP contribution in [0.4, 0.5) is 0 Å². The summed E-state index contributed by atoms with van der Waals surface area (Å²) in [6.07, 6.45) is 4.32. The first-order valence-electron chi connectivity index (χ1n) is 5.83. The molecule has 86 valence electrons. The standard InChI is InChI=1S/C12H22N2O/c1-5-10(3)14-12(7-8-13-14)9-15-11(4)6-2/h7-8,10-11H,5-6,9H2,1-4H3/t10-,11-/m1/s1. The molecule has 1 aromatic heterocycles. The van der Waals surface area contributed by atoms with Crippen LogP contribution < -0.4 is 0 Å². The lowest BCUT2D eigenvalue weighted by Gasteiger charge is -2.15. The Morgan fingerprint density at radius 1 is 1.33 bits per heavy atom. The van der Waals surface area contributed by atoms with Crippen molar-refractivity contribution in [1.82, 2.24) is 9.78 Å². The third-order valence-corrected chi connectivity index (χ3v) is 2.85. The summed E-state index contributed by atoms with van der Waals surface area (Å²) in [5, 5.41) is 4.33. The van der Waals surface area contributed by atoms with Gasteiger partial charge in [-0.15, -0.1) is 0 Å². The predicted molar refractivity (Wildman–Crippen MR) is 61.8 cm³/mol. The highest BCUT2D eigenvalue weighted by Gasteiger charge is 2.09. The fraction of sp³-hybridized carbons (Fsp3) is 0.750. The molecule has 0 bridgehead atoms. The van der Waals surface area contributed by atoms with E-state index in [9.17, 15) is 0 Å². The Bertz CT molecular complexity index is 283. The summed E-state index contributed by atoms with van der Waals surface area (Å²) in [6, 6.07) is 2.49. The minimum atomic E-state index is 0.324. The highest BCUT2D eigenvalue weighted by Crippen LogP contribution is 2.13. The second-order valence-corrected chi connectivity index (χ2v) is 4.05. The summed E-state index contributed by atoms with van der Waals surface area (Å²) in [5.41, 5.74) is 1.17. The van der Waals surface area contributed by atoms with Gasteiger partial charge in [-0.3, -0.25) is 4.68 Å². The molecule has 1 heterocycles. The van der Waals surface area contributed by atoms with E-state index in [4.69, 9.17) is 4.74 Å². The first-order chi connectivity index (χ1) is 7.19. The van der Waals surface area contributed by atoms with Gasteiger partial charge < -0.3 is 4.74 Å². The van der Waals surface area contributed by atoms with E-state index in [1.165, 1.54) is 5.69 Å². The minimum absolute atomic E-state index is 0.324. The first-order valence-corrected chi connectivity index (χ1v) is 5.83. The van der Waals surface area contributed by atoms with Crippen molar-refractivity contribution in [2.45, 2.75) is 59.3 Å². The van der Waals surface area contributed by atoms with Gasteiger partial charge in [-0.05, 0) is 32.8 Å². The highest BCUT2D eigenvalue weighted by atomic mass is 16.5. The monoisotopic (exact) mass is 210 g/mol. The van der Waals surface area contributed by atoms with Gasteiger partial charge in [0.15, 0.2) is 0 Å². The van der Waals surface area contributed by atoms with Gasteiger partial charge in [0.05, 0.1) is 18.4 Å². The summed E-state index contributed by atoms with van der Waals surface area (Å²) >= 11 is 0. The summed E-state index contributed by atoms with van der Waals surface area (Å²) in [7, 11) is 0. The third-order valence-electron chi connectivity index (χ3n) is 2.85. The van der Waals surface area contributed by atoms with E-state index in [-0.39, 0.29) is 0 Å². The summed E-state index contributed by atoms with van der Waals surface area (Å²) in [4.78, 5) is 0. The van der Waals surface area contributed by atoms with E-state index < -0.39 is 0 Å². The van der Waals surface area contributed by atoms with Crippen LogP contribution in [0, 0.1) is 0 Å². The van der Waals surface area contributed by atoms with Crippen molar-refractivity contribution in [1.29, 1.82) is 0 Å². The van der Waals surface area contributed by atoms with Crippen molar-refractivity contribution < 1.29 is 4.74 Å². The topological polar surface area (TPSA) is 27.1 Å². The molecule has 3 nitrogen and oxygen atoms in total. The van der Waals surface area contributed by atoms with E-state index >= 15 is 0 Å². The van der Waals surface area contributed by atoms with Crippen molar-refractivity contribution >= 4 is 0 Å². The fourth-order valence-corrected chi connectivity index (χ4v) is 1.37. The number of rotatable bonds is 6. The Morgan fingerprint density at radius 2 is 2.07 bits per heavy atom. The lowest BCUT2D eigenvalue weighted by molar-refractivity contribution is 0.0459. The molecule has 0 aliphatic rings. The smallest absolute Gasteiger partial charge is 0.0888 e. The molecular weight excluding hydrogens is 188 g/mol. The van der Waals surface area contributed by atoms with E-state index in [1.54, 1.807) is 0 Å². The Kier molecular flexibility index (Phi) is 4.82. The number of ether oxygens (including phenoxy) is 1. The zero-order valence-electron chi connectivity index (χ0n) is 10.2. The molecule has 0 aliphatic carbocycles. The zero-order valence-corrected chi connectivity index (χ0v) is 10.2. The third kappa shape index (κ3) is 3.34. The molecule has 0 saturated heterocycles. The van der Waals surface area contributed by atoms with Crippen LogP contribution in [0.3, 0.4) is 0 Å². The van der Waals surface area contributed by atoms with Crippen LogP contribution in [0.5, 0.6) is 0 Å². The number of hydrogen-bond acceptors (Lipinski definition) is 2. The number of aromatic nitrogens is 2. The Morgan fingerprint density at radius 3 is 2.67 bits per heavy atom. The van der Waals surface area contributed by atoms with Gasteiger partial charge in [0.25, 0.3) is 0 Å². The molecule has 0 fully saturated rings.